The van der Waals surface area contributed by atoms with Gasteiger partial charge in [0.1, 0.15) is 0 Å². The summed E-state index contributed by atoms with van der Waals surface area (Å²) in [6, 6.07) is 5.62. The highest BCUT2D eigenvalue weighted by molar-refractivity contribution is 6.03. The molecule has 4 nitrogen and oxygen atoms in total. The zero-order valence-electron chi connectivity index (χ0n) is 12.1. The lowest BCUT2D eigenvalue weighted by molar-refractivity contribution is 0.0809. The zero-order chi connectivity index (χ0) is 14.6. The molecule has 0 saturated heterocycles. The second-order valence-corrected chi connectivity index (χ2v) is 5.57. The van der Waals surface area contributed by atoms with Crippen molar-refractivity contribution in [2.24, 2.45) is 5.41 Å². The smallest absolute Gasteiger partial charge is 0.169 e. The first-order chi connectivity index (χ1) is 9.60. The molecule has 20 heavy (non-hydrogen) atoms. The lowest BCUT2D eigenvalue weighted by Crippen LogP contribution is -2.28. The number of carbonyl (C=O) groups excluding carboxylic acids is 1. The SMILES string of the molecule is CCCC[C@](C)(CC=N)C(=O)c1ccc2[nH]ncc2c1. The lowest BCUT2D eigenvalue weighted by atomic mass is 9.75. The number of Topliss-reactive ketones (excluding diaryl/α,β-unsaturated/α-hetero) is 1. The number of ketones is 1. The monoisotopic (exact) mass is 271 g/mol. The summed E-state index contributed by atoms with van der Waals surface area (Å²) in [4.78, 5) is 12.8. The Kier molecular flexibility index (Phi) is 4.32. The Bertz CT molecular complexity index is 617. The first-order valence-electron chi connectivity index (χ1n) is 7.07. The second kappa shape index (κ2) is 5.99. The highest BCUT2D eigenvalue weighted by Crippen LogP contribution is 2.32. The summed E-state index contributed by atoms with van der Waals surface area (Å²) in [6.07, 6.45) is 6.46. The van der Waals surface area contributed by atoms with Gasteiger partial charge in [0.05, 0.1) is 11.7 Å². The number of aromatic nitrogens is 2. The van der Waals surface area contributed by atoms with E-state index in [1.807, 2.05) is 25.1 Å². The quantitative estimate of drug-likeness (QED) is 0.590. The van der Waals surface area contributed by atoms with E-state index in [0.717, 1.165) is 30.2 Å². The van der Waals surface area contributed by atoms with E-state index in [2.05, 4.69) is 17.1 Å². The number of fused-ring (bicyclic) bond motifs is 1. The summed E-state index contributed by atoms with van der Waals surface area (Å²) >= 11 is 0. The molecule has 0 saturated carbocycles. The van der Waals surface area contributed by atoms with E-state index < -0.39 is 5.41 Å². The van der Waals surface area contributed by atoms with Crippen LogP contribution in [0.5, 0.6) is 0 Å². The van der Waals surface area contributed by atoms with Crippen LogP contribution in [0.1, 0.15) is 49.9 Å². The molecule has 2 rings (SSSR count). The number of unbranched alkanes of at least 4 members (excludes halogenated alkanes) is 1. The number of nitrogens with one attached hydrogen (secondary N) is 2. The first-order valence-corrected chi connectivity index (χ1v) is 7.07. The second-order valence-electron chi connectivity index (χ2n) is 5.57. The Balaban J connectivity index is 2.32. The Morgan fingerprint density at radius 2 is 2.30 bits per heavy atom. The fourth-order valence-electron chi connectivity index (χ4n) is 2.53. The van der Waals surface area contributed by atoms with Gasteiger partial charge in [0, 0.05) is 16.4 Å². The van der Waals surface area contributed by atoms with Crippen LogP contribution >= 0.6 is 0 Å². The molecule has 0 spiro atoms. The third-order valence-corrected chi connectivity index (χ3v) is 3.89. The van der Waals surface area contributed by atoms with E-state index in [9.17, 15) is 4.79 Å². The van der Waals surface area contributed by atoms with Crippen molar-refractivity contribution in [2.45, 2.75) is 39.5 Å². The first kappa shape index (κ1) is 14.4. The van der Waals surface area contributed by atoms with E-state index in [0.29, 0.717) is 12.0 Å². The minimum atomic E-state index is -0.477. The predicted molar refractivity (Wildman–Crippen MR) is 81.5 cm³/mol. The Labute approximate surface area is 119 Å². The van der Waals surface area contributed by atoms with Gasteiger partial charge in [0.2, 0.25) is 0 Å². The Hall–Kier alpha value is -1.97. The van der Waals surface area contributed by atoms with Crippen LogP contribution in [0.15, 0.2) is 24.4 Å². The fourth-order valence-corrected chi connectivity index (χ4v) is 2.53. The average Bonchev–Trinajstić information content (AvgIpc) is 2.92. The van der Waals surface area contributed by atoms with Gasteiger partial charge in [-0.25, -0.2) is 0 Å². The van der Waals surface area contributed by atoms with Gasteiger partial charge in [-0.1, -0.05) is 26.7 Å². The maximum Gasteiger partial charge on any atom is 0.169 e. The highest BCUT2D eigenvalue weighted by atomic mass is 16.1. The van der Waals surface area contributed by atoms with Gasteiger partial charge in [-0.3, -0.25) is 9.89 Å². The number of hydrogen-bond donors (Lipinski definition) is 2. The van der Waals surface area contributed by atoms with Gasteiger partial charge in [-0.05, 0) is 37.3 Å². The minimum absolute atomic E-state index is 0.123. The van der Waals surface area contributed by atoms with Crippen LogP contribution in [0.4, 0.5) is 0 Å². The Morgan fingerprint density at radius 3 is 3.00 bits per heavy atom. The largest absolute Gasteiger partial charge is 0.313 e. The average molecular weight is 271 g/mol. The van der Waals surface area contributed by atoms with Crippen LogP contribution in [0.3, 0.4) is 0 Å². The number of benzene rings is 1. The molecule has 1 aromatic heterocycles. The van der Waals surface area contributed by atoms with Crippen molar-refractivity contribution >= 4 is 22.9 Å². The number of H-pyrrole nitrogens is 1. The van der Waals surface area contributed by atoms with Gasteiger partial charge in [-0.15, -0.1) is 0 Å². The minimum Gasteiger partial charge on any atom is -0.313 e. The number of rotatable bonds is 7. The molecule has 4 heteroatoms. The molecular weight excluding hydrogens is 250 g/mol. The van der Waals surface area contributed by atoms with Crippen molar-refractivity contribution in [1.82, 2.24) is 10.2 Å². The topological polar surface area (TPSA) is 69.6 Å². The van der Waals surface area contributed by atoms with Crippen molar-refractivity contribution in [3.8, 4) is 0 Å². The van der Waals surface area contributed by atoms with E-state index >= 15 is 0 Å². The van der Waals surface area contributed by atoms with Gasteiger partial charge in [-0.2, -0.15) is 5.10 Å². The number of aromatic amines is 1. The van der Waals surface area contributed by atoms with Crippen LogP contribution in [0.25, 0.3) is 10.9 Å². The summed E-state index contributed by atoms with van der Waals surface area (Å²) in [5.74, 6) is 0.123. The van der Waals surface area contributed by atoms with E-state index in [4.69, 9.17) is 5.41 Å². The maximum atomic E-state index is 12.8. The normalized spacial score (nSPS) is 14.1. The molecule has 0 fully saturated rings. The third kappa shape index (κ3) is 2.79. The van der Waals surface area contributed by atoms with Crippen LogP contribution in [-0.2, 0) is 0 Å². The maximum absolute atomic E-state index is 12.8. The molecule has 2 N–H and O–H groups in total. The molecule has 1 atom stereocenters. The Morgan fingerprint density at radius 1 is 1.50 bits per heavy atom. The van der Waals surface area contributed by atoms with Gasteiger partial charge < -0.3 is 5.41 Å². The molecule has 0 unspecified atom stereocenters. The number of nitrogens with zero attached hydrogens (tertiary/aromatic N) is 1. The van der Waals surface area contributed by atoms with Gasteiger partial charge >= 0.3 is 0 Å². The predicted octanol–water partition coefficient (Wildman–Crippen LogP) is 3.98. The standard InChI is InChI=1S/C16H21N3O/c1-3-4-7-16(2,8-9-17)15(20)12-5-6-14-13(10-12)11-18-19-14/h5-6,9-11,17H,3-4,7-8H2,1-2H3,(H,18,19)/t16-/m1/s1. The van der Waals surface area contributed by atoms with Gasteiger partial charge in [0.25, 0.3) is 0 Å². The molecule has 2 aromatic rings. The van der Waals surface area contributed by atoms with Crippen LogP contribution in [-0.4, -0.2) is 22.2 Å². The van der Waals surface area contributed by atoms with E-state index in [1.165, 1.54) is 6.21 Å². The molecule has 1 heterocycles. The molecule has 0 aliphatic carbocycles. The molecular formula is C16H21N3O. The molecule has 1 aromatic carbocycles. The zero-order valence-corrected chi connectivity index (χ0v) is 12.1. The van der Waals surface area contributed by atoms with Crippen LogP contribution in [0.2, 0.25) is 0 Å². The number of carbonyl (C=O) groups is 1. The van der Waals surface area contributed by atoms with Crippen molar-refractivity contribution < 1.29 is 4.79 Å². The fraction of sp³-hybridized carbons (Fsp3) is 0.438. The molecule has 0 aliphatic rings. The lowest BCUT2D eigenvalue weighted by Gasteiger charge is -2.26. The summed E-state index contributed by atoms with van der Waals surface area (Å²) < 4.78 is 0. The van der Waals surface area contributed by atoms with Crippen molar-refractivity contribution in [1.29, 1.82) is 5.41 Å². The van der Waals surface area contributed by atoms with Crippen molar-refractivity contribution in [2.75, 3.05) is 0 Å². The highest BCUT2D eigenvalue weighted by Gasteiger charge is 2.32. The molecule has 0 amide bonds. The van der Waals surface area contributed by atoms with Crippen LogP contribution < -0.4 is 0 Å². The van der Waals surface area contributed by atoms with Gasteiger partial charge in [0.15, 0.2) is 5.78 Å². The number of hydrogen-bond acceptors (Lipinski definition) is 3. The van der Waals surface area contributed by atoms with E-state index in [-0.39, 0.29) is 5.78 Å². The summed E-state index contributed by atoms with van der Waals surface area (Å²) in [5, 5.41) is 15.2. The van der Waals surface area contributed by atoms with Crippen molar-refractivity contribution in [3.05, 3.63) is 30.0 Å². The summed E-state index contributed by atoms with van der Waals surface area (Å²) in [7, 11) is 0. The molecule has 106 valence electrons. The summed E-state index contributed by atoms with van der Waals surface area (Å²) in [5.41, 5.74) is 1.16. The van der Waals surface area contributed by atoms with Crippen molar-refractivity contribution in [3.63, 3.8) is 0 Å². The van der Waals surface area contributed by atoms with Crippen LogP contribution in [0, 0.1) is 10.8 Å². The molecule has 0 bridgehead atoms. The molecule has 0 radical (unpaired) electrons. The molecule has 0 aliphatic heterocycles. The van der Waals surface area contributed by atoms with E-state index in [1.54, 1.807) is 6.20 Å². The summed E-state index contributed by atoms with van der Waals surface area (Å²) in [6.45, 7) is 4.09. The third-order valence-electron chi connectivity index (χ3n) is 3.89.